The molecular weight excluding hydrogens is 528 g/mol. The summed E-state index contributed by atoms with van der Waals surface area (Å²) >= 11 is 1.29. The van der Waals surface area contributed by atoms with E-state index in [2.05, 4.69) is 18.8 Å². The summed E-state index contributed by atoms with van der Waals surface area (Å²) in [5.74, 6) is 1.10. The highest BCUT2D eigenvalue weighted by Crippen LogP contribution is 2.32. The quantitative estimate of drug-likeness (QED) is 0.254. The molecule has 1 aliphatic heterocycles. The van der Waals surface area contributed by atoms with Crippen molar-refractivity contribution in [3.05, 3.63) is 90.1 Å². The van der Waals surface area contributed by atoms with Gasteiger partial charge in [-0.05, 0) is 61.6 Å². The van der Waals surface area contributed by atoms with Crippen LogP contribution in [-0.2, 0) is 14.3 Å². The Morgan fingerprint density at radius 3 is 2.40 bits per heavy atom. The number of carbonyl (C=O) groups is 1. The Balaban J connectivity index is 1.85. The lowest BCUT2D eigenvalue weighted by atomic mass is 9.93. The van der Waals surface area contributed by atoms with Gasteiger partial charge in [0.25, 0.3) is 5.56 Å². The molecule has 40 heavy (non-hydrogen) atoms. The van der Waals surface area contributed by atoms with Crippen LogP contribution in [0.4, 0.5) is 0 Å². The van der Waals surface area contributed by atoms with E-state index in [0.717, 1.165) is 11.1 Å². The number of esters is 1. The first-order valence-electron chi connectivity index (χ1n) is 13.5. The van der Waals surface area contributed by atoms with Crippen molar-refractivity contribution >= 4 is 23.4 Å². The molecule has 1 unspecified atom stereocenters. The zero-order chi connectivity index (χ0) is 28.8. The number of hydrogen-bond acceptors (Lipinski definition) is 8. The molecule has 1 aromatic heterocycles. The van der Waals surface area contributed by atoms with E-state index in [0.29, 0.717) is 51.2 Å². The van der Waals surface area contributed by atoms with Gasteiger partial charge in [-0.3, -0.25) is 9.36 Å². The van der Waals surface area contributed by atoms with Crippen LogP contribution >= 0.6 is 11.3 Å². The second kappa shape index (κ2) is 13.1. The van der Waals surface area contributed by atoms with E-state index in [1.807, 2.05) is 62.4 Å². The SMILES string of the molecule is CCOc1ccc(C=c2sc3n(c2=O)C(c2ccc(C(C)C)cc2)C(C(=O)OCCOC)=C(C)N=3)cc1OCC. The summed E-state index contributed by atoms with van der Waals surface area (Å²) in [6, 6.07) is 12.9. The van der Waals surface area contributed by atoms with Crippen LogP contribution in [0.25, 0.3) is 6.08 Å². The normalized spacial score (nSPS) is 15.2. The first-order valence-corrected chi connectivity index (χ1v) is 14.3. The van der Waals surface area contributed by atoms with Crippen molar-refractivity contribution in [3.63, 3.8) is 0 Å². The Hall–Kier alpha value is -3.69. The minimum absolute atomic E-state index is 0.107. The van der Waals surface area contributed by atoms with Gasteiger partial charge >= 0.3 is 5.97 Å². The number of benzene rings is 2. The Kier molecular flexibility index (Phi) is 9.60. The summed E-state index contributed by atoms with van der Waals surface area (Å²) < 4.78 is 24.1. The van der Waals surface area contributed by atoms with Crippen LogP contribution in [0.1, 0.15) is 63.3 Å². The van der Waals surface area contributed by atoms with Crippen LogP contribution in [-0.4, -0.2) is 44.1 Å². The minimum atomic E-state index is -0.672. The lowest BCUT2D eigenvalue weighted by Gasteiger charge is -2.25. The van der Waals surface area contributed by atoms with Gasteiger partial charge in [-0.25, -0.2) is 9.79 Å². The molecule has 3 aromatic rings. The van der Waals surface area contributed by atoms with Gasteiger partial charge in [0.05, 0.1) is 41.7 Å². The first-order chi connectivity index (χ1) is 19.3. The van der Waals surface area contributed by atoms with Crippen LogP contribution in [0.3, 0.4) is 0 Å². The lowest BCUT2D eigenvalue weighted by molar-refractivity contribution is -0.140. The Bertz CT molecular complexity index is 1570. The predicted molar refractivity (Wildman–Crippen MR) is 156 cm³/mol. The molecule has 0 spiro atoms. The largest absolute Gasteiger partial charge is 0.490 e. The zero-order valence-corrected chi connectivity index (χ0v) is 24.7. The van der Waals surface area contributed by atoms with Gasteiger partial charge in [-0.1, -0.05) is 55.5 Å². The number of nitrogens with zero attached hydrogens (tertiary/aromatic N) is 2. The molecule has 212 valence electrons. The number of carbonyl (C=O) groups excluding carboxylic acids is 1. The van der Waals surface area contributed by atoms with Crippen LogP contribution < -0.4 is 24.4 Å². The van der Waals surface area contributed by atoms with Crippen molar-refractivity contribution in [1.82, 2.24) is 4.57 Å². The van der Waals surface area contributed by atoms with Crippen molar-refractivity contribution in [2.75, 3.05) is 33.5 Å². The van der Waals surface area contributed by atoms with Crippen LogP contribution in [0.5, 0.6) is 11.5 Å². The average Bonchev–Trinajstić information content (AvgIpc) is 3.23. The number of methoxy groups -OCH3 is 1. The highest BCUT2D eigenvalue weighted by atomic mass is 32.1. The maximum Gasteiger partial charge on any atom is 0.338 e. The second-order valence-corrected chi connectivity index (χ2v) is 10.6. The summed E-state index contributed by atoms with van der Waals surface area (Å²) in [6.07, 6.45) is 1.82. The number of aromatic nitrogens is 1. The number of fused-ring (bicyclic) bond motifs is 1. The van der Waals surface area contributed by atoms with Gasteiger partial charge < -0.3 is 18.9 Å². The van der Waals surface area contributed by atoms with Crippen molar-refractivity contribution in [2.24, 2.45) is 4.99 Å². The standard InChI is InChI=1S/C31H36N2O6S/c1-7-37-24-14-9-21(17-25(24)38-8-2)18-26-29(34)33-28(23-12-10-22(11-13-23)19(3)4)27(20(5)32-31(33)40-26)30(35)39-16-15-36-6/h9-14,17-19,28H,7-8,15-16H2,1-6H3. The van der Waals surface area contributed by atoms with Crippen LogP contribution in [0, 0.1) is 0 Å². The molecule has 1 atom stereocenters. The van der Waals surface area contributed by atoms with E-state index in [1.54, 1.807) is 18.6 Å². The number of rotatable bonds is 11. The van der Waals surface area contributed by atoms with Gasteiger partial charge in [0.15, 0.2) is 16.3 Å². The highest BCUT2D eigenvalue weighted by molar-refractivity contribution is 7.07. The van der Waals surface area contributed by atoms with Crippen LogP contribution in [0.15, 0.2) is 63.5 Å². The fourth-order valence-electron chi connectivity index (χ4n) is 4.57. The predicted octanol–water partition coefficient (Wildman–Crippen LogP) is 4.35. The zero-order valence-electron chi connectivity index (χ0n) is 23.9. The second-order valence-electron chi connectivity index (χ2n) is 9.60. The minimum Gasteiger partial charge on any atom is -0.490 e. The van der Waals surface area contributed by atoms with E-state index in [1.165, 1.54) is 16.9 Å². The van der Waals surface area contributed by atoms with E-state index in [9.17, 15) is 9.59 Å². The smallest absolute Gasteiger partial charge is 0.338 e. The fourth-order valence-corrected chi connectivity index (χ4v) is 5.61. The first kappa shape index (κ1) is 29.3. The molecule has 9 heteroatoms. The van der Waals surface area contributed by atoms with E-state index < -0.39 is 12.0 Å². The summed E-state index contributed by atoms with van der Waals surface area (Å²) in [6.45, 7) is 11.2. The van der Waals surface area contributed by atoms with E-state index in [4.69, 9.17) is 18.9 Å². The molecule has 0 fully saturated rings. The molecule has 0 saturated carbocycles. The molecule has 1 aliphatic rings. The van der Waals surface area contributed by atoms with E-state index >= 15 is 0 Å². The van der Waals surface area contributed by atoms with Crippen molar-refractivity contribution in [1.29, 1.82) is 0 Å². The highest BCUT2D eigenvalue weighted by Gasteiger charge is 2.33. The molecule has 0 aliphatic carbocycles. The van der Waals surface area contributed by atoms with Crippen molar-refractivity contribution in [3.8, 4) is 11.5 Å². The third kappa shape index (κ3) is 6.21. The Morgan fingerprint density at radius 2 is 1.75 bits per heavy atom. The topological polar surface area (TPSA) is 88.4 Å². The number of ether oxygens (including phenoxy) is 4. The fraction of sp³-hybridized carbons (Fsp3) is 0.387. The van der Waals surface area contributed by atoms with Gasteiger partial charge in [0, 0.05) is 7.11 Å². The van der Waals surface area contributed by atoms with Crippen molar-refractivity contribution in [2.45, 2.75) is 46.6 Å². The van der Waals surface area contributed by atoms with Gasteiger partial charge in [0.1, 0.15) is 6.61 Å². The molecular formula is C31H36N2O6S. The molecule has 4 rings (SSSR count). The molecule has 0 radical (unpaired) electrons. The maximum absolute atomic E-state index is 13.9. The van der Waals surface area contributed by atoms with E-state index in [-0.39, 0.29) is 18.8 Å². The molecule has 0 amide bonds. The third-order valence-electron chi connectivity index (χ3n) is 6.55. The molecule has 2 heterocycles. The summed E-state index contributed by atoms with van der Waals surface area (Å²) in [5.41, 5.74) is 3.40. The number of thiazole rings is 1. The Morgan fingerprint density at radius 1 is 1.05 bits per heavy atom. The lowest BCUT2D eigenvalue weighted by Crippen LogP contribution is -2.40. The molecule has 0 N–H and O–H groups in total. The summed E-state index contributed by atoms with van der Waals surface area (Å²) in [5, 5.41) is 0. The average molecular weight is 565 g/mol. The molecule has 8 nitrogen and oxygen atoms in total. The number of hydrogen-bond donors (Lipinski definition) is 0. The summed E-state index contributed by atoms with van der Waals surface area (Å²) in [4.78, 5) is 32.4. The molecule has 0 saturated heterocycles. The van der Waals surface area contributed by atoms with Gasteiger partial charge in [0.2, 0.25) is 0 Å². The number of allylic oxidation sites excluding steroid dienone is 1. The molecule has 0 bridgehead atoms. The van der Waals surface area contributed by atoms with Gasteiger partial charge in [-0.2, -0.15) is 0 Å². The van der Waals surface area contributed by atoms with Crippen molar-refractivity contribution < 1.29 is 23.7 Å². The Labute approximate surface area is 238 Å². The molecule has 2 aromatic carbocycles. The summed E-state index contributed by atoms with van der Waals surface area (Å²) in [7, 11) is 1.55. The third-order valence-corrected chi connectivity index (χ3v) is 7.53. The van der Waals surface area contributed by atoms with Crippen LogP contribution in [0.2, 0.25) is 0 Å². The maximum atomic E-state index is 13.9. The monoisotopic (exact) mass is 564 g/mol. The van der Waals surface area contributed by atoms with Gasteiger partial charge in [-0.15, -0.1) is 0 Å².